The Balaban J connectivity index is 1.44. The molecule has 2 N–H and O–H groups in total. The average molecular weight is 395 g/mol. The van der Waals surface area contributed by atoms with Crippen molar-refractivity contribution in [3.05, 3.63) is 54.1 Å². The second-order valence-electron chi connectivity index (χ2n) is 6.99. The minimum absolute atomic E-state index is 0.0576. The van der Waals surface area contributed by atoms with Crippen molar-refractivity contribution in [1.82, 2.24) is 4.90 Å². The summed E-state index contributed by atoms with van der Waals surface area (Å²) in [5, 5.41) is 5.75. The minimum atomic E-state index is -0.231. The Hall–Kier alpha value is -2.80. The molecule has 28 heavy (non-hydrogen) atoms. The summed E-state index contributed by atoms with van der Waals surface area (Å²) < 4.78 is 0. The van der Waals surface area contributed by atoms with E-state index in [2.05, 4.69) is 10.6 Å². The van der Waals surface area contributed by atoms with Crippen molar-refractivity contribution in [3.8, 4) is 0 Å². The van der Waals surface area contributed by atoms with Gasteiger partial charge in [0.15, 0.2) is 0 Å². The van der Waals surface area contributed by atoms with Crippen LogP contribution in [0.1, 0.15) is 23.2 Å². The Kier molecular flexibility index (Phi) is 5.34. The van der Waals surface area contributed by atoms with Crippen LogP contribution in [0.5, 0.6) is 0 Å². The summed E-state index contributed by atoms with van der Waals surface area (Å²) in [6.45, 7) is 1.03. The summed E-state index contributed by atoms with van der Waals surface area (Å²) in [5.41, 5.74) is 1.98. The number of carbonyl (C=O) groups is 3. The molecule has 2 heterocycles. The van der Waals surface area contributed by atoms with E-state index >= 15 is 0 Å². The number of benzene rings is 2. The van der Waals surface area contributed by atoms with E-state index in [1.165, 1.54) is 11.8 Å². The van der Waals surface area contributed by atoms with Gasteiger partial charge < -0.3 is 15.5 Å². The number of hydrogen-bond donors (Lipinski definition) is 2. The predicted molar refractivity (Wildman–Crippen MR) is 109 cm³/mol. The maximum atomic E-state index is 13.0. The molecular formula is C21H21N3O3S. The van der Waals surface area contributed by atoms with Crippen molar-refractivity contribution in [3.63, 3.8) is 0 Å². The molecular weight excluding hydrogens is 374 g/mol. The predicted octanol–water partition coefficient (Wildman–Crippen LogP) is 3.22. The molecule has 0 spiro atoms. The summed E-state index contributed by atoms with van der Waals surface area (Å²) in [7, 11) is 0. The van der Waals surface area contributed by atoms with Crippen LogP contribution in [-0.4, -0.2) is 41.5 Å². The highest BCUT2D eigenvalue weighted by Gasteiger charge is 2.29. The molecule has 1 atom stereocenters. The van der Waals surface area contributed by atoms with Crippen molar-refractivity contribution < 1.29 is 14.4 Å². The van der Waals surface area contributed by atoms with E-state index in [-0.39, 0.29) is 23.6 Å². The standard InChI is InChI=1S/C21H21N3O3S/c25-19-13-28-18-9-8-14(11-17(18)23-19)21(27)24-10-4-5-15(12-24)20(26)22-16-6-2-1-3-7-16/h1-3,6-9,11,15H,4-5,10,12-13H2,(H,22,26)(H,23,25)/t15-/m1/s1. The second kappa shape index (κ2) is 8.06. The molecule has 7 heteroatoms. The van der Waals surface area contributed by atoms with E-state index in [0.717, 1.165) is 23.4 Å². The zero-order chi connectivity index (χ0) is 19.5. The van der Waals surface area contributed by atoms with Crippen LogP contribution in [0.25, 0.3) is 0 Å². The molecule has 0 aliphatic carbocycles. The number of anilines is 2. The normalized spacial score (nSPS) is 18.8. The summed E-state index contributed by atoms with van der Waals surface area (Å²) in [6, 6.07) is 14.7. The highest BCUT2D eigenvalue weighted by Crippen LogP contribution is 2.32. The molecule has 2 aromatic carbocycles. The number of nitrogens with one attached hydrogen (secondary N) is 2. The Morgan fingerprint density at radius 1 is 1.14 bits per heavy atom. The van der Waals surface area contributed by atoms with Crippen LogP contribution >= 0.6 is 11.8 Å². The Bertz CT molecular complexity index is 916. The number of rotatable bonds is 3. The zero-order valence-electron chi connectivity index (χ0n) is 15.3. The van der Waals surface area contributed by atoms with E-state index in [1.54, 1.807) is 17.0 Å². The average Bonchev–Trinajstić information content (AvgIpc) is 2.73. The monoisotopic (exact) mass is 395 g/mol. The molecule has 0 unspecified atom stereocenters. The summed E-state index contributed by atoms with van der Waals surface area (Å²) in [4.78, 5) is 39.9. The Morgan fingerprint density at radius 3 is 2.79 bits per heavy atom. The minimum Gasteiger partial charge on any atom is -0.338 e. The fourth-order valence-electron chi connectivity index (χ4n) is 3.54. The van der Waals surface area contributed by atoms with Crippen LogP contribution in [0.3, 0.4) is 0 Å². The van der Waals surface area contributed by atoms with Gasteiger partial charge in [-0.3, -0.25) is 14.4 Å². The van der Waals surface area contributed by atoms with Crippen LogP contribution in [0.2, 0.25) is 0 Å². The van der Waals surface area contributed by atoms with Crippen molar-refractivity contribution in [2.75, 3.05) is 29.5 Å². The van der Waals surface area contributed by atoms with Crippen LogP contribution in [0.4, 0.5) is 11.4 Å². The van der Waals surface area contributed by atoms with Gasteiger partial charge in [-0.05, 0) is 43.2 Å². The molecule has 4 rings (SSSR count). The van der Waals surface area contributed by atoms with E-state index < -0.39 is 0 Å². The molecule has 2 aromatic rings. The van der Waals surface area contributed by atoms with Crippen LogP contribution in [0, 0.1) is 5.92 Å². The zero-order valence-corrected chi connectivity index (χ0v) is 16.1. The van der Waals surface area contributed by atoms with Gasteiger partial charge in [-0.15, -0.1) is 11.8 Å². The van der Waals surface area contributed by atoms with E-state index in [0.29, 0.717) is 30.1 Å². The third-order valence-electron chi connectivity index (χ3n) is 4.98. The largest absolute Gasteiger partial charge is 0.338 e. The number of fused-ring (bicyclic) bond motifs is 1. The number of likely N-dealkylation sites (tertiary alicyclic amines) is 1. The topological polar surface area (TPSA) is 78.5 Å². The number of nitrogens with zero attached hydrogens (tertiary/aromatic N) is 1. The molecule has 1 saturated heterocycles. The number of thioether (sulfide) groups is 1. The second-order valence-corrected chi connectivity index (χ2v) is 8.01. The molecule has 6 nitrogen and oxygen atoms in total. The first kappa shape index (κ1) is 18.6. The molecule has 0 aromatic heterocycles. The van der Waals surface area contributed by atoms with Gasteiger partial charge in [-0.1, -0.05) is 18.2 Å². The molecule has 1 fully saturated rings. The van der Waals surface area contributed by atoms with Gasteiger partial charge in [0, 0.05) is 29.2 Å². The summed E-state index contributed by atoms with van der Waals surface area (Å²) in [6.07, 6.45) is 1.55. The third kappa shape index (κ3) is 4.04. The first-order chi connectivity index (χ1) is 13.6. The molecule has 0 radical (unpaired) electrons. The molecule has 0 bridgehead atoms. The van der Waals surface area contributed by atoms with Gasteiger partial charge in [0.2, 0.25) is 11.8 Å². The van der Waals surface area contributed by atoms with Gasteiger partial charge >= 0.3 is 0 Å². The van der Waals surface area contributed by atoms with Crippen LogP contribution in [0.15, 0.2) is 53.4 Å². The molecule has 3 amide bonds. The van der Waals surface area contributed by atoms with Gasteiger partial charge in [0.25, 0.3) is 5.91 Å². The van der Waals surface area contributed by atoms with E-state index in [1.807, 2.05) is 36.4 Å². The van der Waals surface area contributed by atoms with Crippen molar-refractivity contribution in [2.24, 2.45) is 5.92 Å². The maximum absolute atomic E-state index is 13.0. The summed E-state index contributed by atoms with van der Waals surface area (Å²) >= 11 is 1.47. The third-order valence-corrected chi connectivity index (χ3v) is 6.05. The lowest BCUT2D eigenvalue weighted by Crippen LogP contribution is -2.43. The SMILES string of the molecule is O=C1CSc2ccc(C(=O)N3CCC[C@@H](C(=O)Nc4ccccc4)C3)cc2N1. The number of amides is 3. The fraction of sp³-hybridized carbons (Fsp3) is 0.286. The van der Waals surface area contributed by atoms with Gasteiger partial charge in [0.1, 0.15) is 0 Å². The van der Waals surface area contributed by atoms with Gasteiger partial charge in [-0.2, -0.15) is 0 Å². The molecule has 144 valence electrons. The Labute approximate surface area is 167 Å². The number of carbonyl (C=O) groups excluding carboxylic acids is 3. The lowest BCUT2D eigenvalue weighted by Gasteiger charge is -2.32. The molecule has 2 aliphatic heterocycles. The molecule has 2 aliphatic rings. The summed E-state index contributed by atoms with van der Waals surface area (Å²) in [5.74, 6) is -0.0592. The van der Waals surface area contributed by atoms with Gasteiger partial charge in [-0.25, -0.2) is 0 Å². The lowest BCUT2D eigenvalue weighted by molar-refractivity contribution is -0.121. The Morgan fingerprint density at radius 2 is 1.96 bits per heavy atom. The highest BCUT2D eigenvalue weighted by atomic mass is 32.2. The number of piperidine rings is 1. The maximum Gasteiger partial charge on any atom is 0.253 e. The van der Waals surface area contributed by atoms with E-state index in [4.69, 9.17) is 0 Å². The number of hydrogen-bond acceptors (Lipinski definition) is 4. The lowest BCUT2D eigenvalue weighted by atomic mass is 9.96. The van der Waals surface area contributed by atoms with Crippen molar-refractivity contribution in [2.45, 2.75) is 17.7 Å². The fourth-order valence-corrected chi connectivity index (χ4v) is 4.33. The first-order valence-electron chi connectivity index (χ1n) is 9.32. The molecule has 0 saturated carbocycles. The van der Waals surface area contributed by atoms with Gasteiger partial charge in [0.05, 0.1) is 17.4 Å². The van der Waals surface area contributed by atoms with E-state index in [9.17, 15) is 14.4 Å². The first-order valence-corrected chi connectivity index (χ1v) is 10.3. The number of para-hydroxylation sites is 1. The van der Waals surface area contributed by atoms with Crippen LogP contribution in [-0.2, 0) is 9.59 Å². The smallest absolute Gasteiger partial charge is 0.253 e. The quantitative estimate of drug-likeness (QED) is 0.836. The highest BCUT2D eigenvalue weighted by molar-refractivity contribution is 8.00. The van der Waals surface area contributed by atoms with Crippen molar-refractivity contribution >= 4 is 40.9 Å². The van der Waals surface area contributed by atoms with Crippen LogP contribution < -0.4 is 10.6 Å². The van der Waals surface area contributed by atoms with Crippen molar-refractivity contribution in [1.29, 1.82) is 0 Å².